The van der Waals surface area contributed by atoms with Crippen LogP contribution in [0.4, 0.5) is 0 Å². The van der Waals surface area contributed by atoms with E-state index in [4.69, 9.17) is 21.4 Å². The predicted molar refractivity (Wildman–Crippen MR) is 76.5 cm³/mol. The number of methoxy groups -OCH3 is 1. The zero-order valence-electron chi connectivity index (χ0n) is 11.5. The molecule has 0 aliphatic carbocycles. The molecule has 0 aliphatic heterocycles. The third-order valence-electron chi connectivity index (χ3n) is 3.13. The van der Waals surface area contributed by atoms with Gasteiger partial charge in [-0.25, -0.2) is 4.79 Å². The number of aryl methyl sites for hydroxylation is 2. The third kappa shape index (κ3) is 2.49. The average Bonchev–Trinajstić information content (AvgIpc) is 2.80. The highest BCUT2D eigenvalue weighted by atomic mass is 35.5. The van der Waals surface area contributed by atoms with Crippen molar-refractivity contribution in [2.45, 2.75) is 13.3 Å². The number of aromatic carboxylic acids is 1. The first-order chi connectivity index (χ1) is 9.47. The second-order valence-corrected chi connectivity index (χ2v) is 4.75. The van der Waals surface area contributed by atoms with Gasteiger partial charge < -0.3 is 9.84 Å². The molecule has 2 aromatic rings. The maximum absolute atomic E-state index is 11.0. The monoisotopic (exact) mass is 294 g/mol. The van der Waals surface area contributed by atoms with E-state index < -0.39 is 5.97 Å². The lowest BCUT2D eigenvalue weighted by molar-refractivity contribution is 0.0689. The van der Waals surface area contributed by atoms with Gasteiger partial charge in [-0.2, -0.15) is 5.10 Å². The van der Waals surface area contributed by atoms with Gasteiger partial charge in [0.1, 0.15) is 5.75 Å². The minimum absolute atomic E-state index is 0.0106. The van der Waals surface area contributed by atoms with Crippen molar-refractivity contribution in [3.63, 3.8) is 0 Å². The Balaban J connectivity index is 2.62. The van der Waals surface area contributed by atoms with E-state index in [1.165, 1.54) is 0 Å². The Bertz CT molecular complexity index is 665. The second-order valence-electron chi connectivity index (χ2n) is 4.34. The van der Waals surface area contributed by atoms with Gasteiger partial charge in [0, 0.05) is 12.6 Å². The molecule has 0 atom stereocenters. The molecule has 1 heterocycles. The predicted octanol–water partition coefficient (Wildman–Crippen LogP) is 3.01. The number of halogens is 1. The molecule has 1 aromatic heterocycles. The number of nitrogens with zero attached hydrogens (tertiary/aromatic N) is 2. The number of ether oxygens (including phenoxy) is 1. The van der Waals surface area contributed by atoms with E-state index in [0.29, 0.717) is 16.5 Å². The number of rotatable bonds is 4. The number of benzene rings is 1. The Labute approximate surface area is 121 Å². The summed E-state index contributed by atoms with van der Waals surface area (Å²) in [4.78, 5) is 11.0. The van der Waals surface area contributed by atoms with Crippen LogP contribution in [0.25, 0.3) is 11.3 Å². The topological polar surface area (TPSA) is 64.3 Å². The first-order valence-corrected chi connectivity index (χ1v) is 6.49. The van der Waals surface area contributed by atoms with Crippen LogP contribution in [0, 0.1) is 0 Å². The summed E-state index contributed by atoms with van der Waals surface area (Å²) in [5.74, 6) is -0.447. The number of aromatic nitrogens is 2. The van der Waals surface area contributed by atoms with Gasteiger partial charge in [0.25, 0.3) is 0 Å². The van der Waals surface area contributed by atoms with Crippen LogP contribution < -0.4 is 4.74 Å². The van der Waals surface area contributed by atoms with Gasteiger partial charge in [0.15, 0.2) is 5.69 Å². The van der Waals surface area contributed by atoms with Crippen molar-refractivity contribution in [1.29, 1.82) is 0 Å². The van der Waals surface area contributed by atoms with Crippen LogP contribution in [-0.4, -0.2) is 28.0 Å². The van der Waals surface area contributed by atoms with Crippen LogP contribution in [0.5, 0.6) is 5.75 Å². The lowest BCUT2D eigenvalue weighted by Crippen LogP contribution is -2.00. The first kappa shape index (κ1) is 14.4. The van der Waals surface area contributed by atoms with E-state index in [0.717, 1.165) is 17.5 Å². The van der Waals surface area contributed by atoms with Crippen molar-refractivity contribution in [1.82, 2.24) is 9.78 Å². The molecule has 1 aromatic carbocycles. The van der Waals surface area contributed by atoms with Crippen LogP contribution in [0.1, 0.15) is 23.0 Å². The quantitative estimate of drug-likeness (QED) is 0.941. The molecule has 0 unspecified atom stereocenters. The Hall–Kier alpha value is -2.01. The largest absolute Gasteiger partial charge is 0.495 e. The van der Waals surface area contributed by atoms with Gasteiger partial charge >= 0.3 is 5.97 Å². The zero-order chi connectivity index (χ0) is 14.9. The van der Waals surface area contributed by atoms with E-state index >= 15 is 0 Å². The van der Waals surface area contributed by atoms with Crippen LogP contribution in [0.2, 0.25) is 5.02 Å². The van der Waals surface area contributed by atoms with Crippen molar-refractivity contribution in [2.75, 3.05) is 7.11 Å². The lowest BCUT2D eigenvalue weighted by atomic mass is 10.0. The van der Waals surface area contributed by atoms with Gasteiger partial charge in [0.05, 0.1) is 17.8 Å². The van der Waals surface area contributed by atoms with Crippen LogP contribution in [-0.2, 0) is 13.5 Å². The summed E-state index contributed by atoms with van der Waals surface area (Å²) in [5.41, 5.74) is 2.60. The summed E-state index contributed by atoms with van der Waals surface area (Å²) in [6, 6.07) is 5.19. The maximum atomic E-state index is 11.0. The van der Waals surface area contributed by atoms with Crippen LogP contribution in [0.15, 0.2) is 18.2 Å². The molecule has 20 heavy (non-hydrogen) atoms. The van der Waals surface area contributed by atoms with E-state index in [-0.39, 0.29) is 5.69 Å². The van der Waals surface area contributed by atoms with Gasteiger partial charge in [-0.1, -0.05) is 18.5 Å². The van der Waals surface area contributed by atoms with E-state index in [2.05, 4.69) is 5.10 Å². The molecular weight excluding hydrogens is 280 g/mol. The fourth-order valence-electron chi connectivity index (χ4n) is 2.11. The van der Waals surface area contributed by atoms with Crippen molar-refractivity contribution in [2.24, 2.45) is 7.05 Å². The maximum Gasteiger partial charge on any atom is 0.356 e. The van der Waals surface area contributed by atoms with Crippen LogP contribution in [0.3, 0.4) is 0 Å². The van der Waals surface area contributed by atoms with Crippen molar-refractivity contribution in [3.05, 3.63) is 34.5 Å². The van der Waals surface area contributed by atoms with Gasteiger partial charge in [-0.05, 0) is 30.2 Å². The van der Waals surface area contributed by atoms with Crippen LogP contribution >= 0.6 is 11.6 Å². The molecule has 6 heteroatoms. The number of carbonyl (C=O) groups is 1. The molecule has 2 rings (SSSR count). The normalized spacial score (nSPS) is 10.6. The van der Waals surface area contributed by atoms with E-state index in [9.17, 15) is 4.79 Å². The molecule has 0 saturated carbocycles. The SMILES string of the molecule is CCc1cc(OC)c(Cl)cc1-c1cc(C(=O)O)nn1C. The Morgan fingerprint density at radius 2 is 2.15 bits per heavy atom. The highest BCUT2D eigenvalue weighted by Crippen LogP contribution is 2.34. The molecule has 0 radical (unpaired) electrons. The molecule has 1 N–H and O–H groups in total. The Morgan fingerprint density at radius 3 is 2.65 bits per heavy atom. The minimum Gasteiger partial charge on any atom is -0.495 e. The first-order valence-electron chi connectivity index (χ1n) is 6.12. The van der Waals surface area contributed by atoms with Crippen molar-refractivity contribution < 1.29 is 14.6 Å². The summed E-state index contributed by atoms with van der Waals surface area (Å²) in [6.07, 6.45) is 0.774. The summed E-state index contributed by atoms with van der Waals surface area (Å²) in [7, 11) is 3.27. The zero-order valence-corrected chi connectivity index (χ0v) is 12.2. The van der Waals surface area contributed by atoms with Gasteiger partial charge in [-0.3, -0.25) is 4.68 Å². The molecule has 0 bridgehead atoms. The summed E-state index contributed by atoms with van der Waals surface area (Å²) >= 11 is 6.16. The number of carboxylic acid groups (broad SMARTS) is 1. The van der Waals surface area contributed by atoms with Gasteiger partial charge in [0.2, 0.25) is 0 Å². The van der Waals surface area contributed by atoms with E-state index in [1.54, 1.807) is 31.0 Å². The number of carboxylic acids is 1. The average molecular weight is 295 g/mol. The minimum atomic E-state index is -1.05. The fraction of sp³-hybridized carbons (Fsp3) is 0.286. The summed E-state index contributed by atoms with van der Waals surface area (Å²) in [6.45, 7) is 2.01. The highest BCUT2D eigenvalue weighted by molar-refractivity contribution is 6.32. The molecular formula is C14H15ClN2O3. The number of hydrogen-bond donors (Lipinski definition) is 1. The summed E-state index contributed by atoms with van der Waals surface area (Å²) < 4.78 is 6.75. The van der Waals surface area contributed by atoms with Gasteiger partial charge in [-0.15, -0.1) is 0 Å². The fourth-order valence-corrected chi connectivity index (χ4v) is 2.35. The molecule has 0 aliphatic rings. The van der Waals surface area contributed by atoms with Crippen molar-refractivity contribution in [3.8, 4) is 17.0 Å². The van der Waals surface area contributed by atoms with E-state index in [1.807, 2.05) is 13.0 Å². The summed E-state index contributed by atoms with van der Waals surface area (Å²) in [5, 5.41) is 13.5. The van der Waals surface area contributed by atoms with Crippen molar-refractivity contribution >= 4 is 17.6 Å². The molecule has 0 amide bonds. The molecule has 0 spiro atoms. The Kier molecular flexibility index (Phi) is 3.99. The number of hydrogen-bond acceptors (Lipinski definition) is 3. The highest BCUT2D eigenvalue weighted by Gasteiger charge is 2.16. The third-order valence-corrected chi connectivity index (χ3v) is 3.43. The molecule has 5 nitrogen and oxygen atoms in total. The molecule has 0 saturated heterocycles. The molecule has 0 fully saturated rings. The smallest absolute Gasteiger partial charge is 0.356 e. The standard InChI is InChI=1S/C14H15ClN2O3/c1-4-8-5-13(20-3)10(15)6-9(8)12-7-11(14(18)19)16-17(12)2/h5-7H,4H2,1-3H3,(H,18,19). The second kappa shape index (κ2) is 5.54. The molecule has 106 valence electrons. The Morgan fingerprint density at radius 1 is 1.45 bits per heavy atom. The lowest BCUT2D eigenvalue weighted by Gasteiger charge is -2.12.